The van der Waals surface area contributed by atoms with Gasteiger partial charge in [-0.1, -0.05) is 6.07 Å². The van der Waals surface area contributed by atoms with E-state index in [1.165, 1.54) is 6.20 Å². The Bertz CT molecular complexity index is 384. The summed E-state index contributed by atoms with van der Waals surface area (Å²) in [6, 6.07) is 8.71. The third kappa shape index (κ3) is 1.66. The third-order valence-corrected chi connectivity index (χ3v) is 1.82. The molecule has 0 fully saturated rings. The number of rotatable bonds is 2. The van der Waals surface area contributed by atoms with Gasteiger partial charge in [0.15, 0.2) is 0 Å². The van der Waals surface area contributed by atoms with E-state index in [-0.39, 0.29) is 5.78 Å². The van der Waals surface area contributed by atoms with Gasteiger partial charge in [-0.2, -0.15) is 0 Å². The van der Waals surface area contributed by atoms with Crippen LogP contribution in [0.1, 0.15) is 16.1 Å². The number of carbonyl (C=O) groups excluding carboxylic acids is 1. The summed E-state index contributed by atoms with van der Waals surface area (Å²) in [6.07, 6.45) is 4.77. The van der Waals surface area contributed by atoms with Gasteiger partial charge in [0.2, 0.25) is 5.78 Å². The van der Waals surface area contributed by atoms with Gasteiger partial charge in [0.1, 0.15) is 5.69 Å². The van der Waals surface area contributed by atoms with Crippen LogP contribution in [0.5, 0.6) is 0 Å². The minimum absolute atomic E-state index is 0.0984. The molecule has 0 atom stereocenters. The molecule has 14 heavy (non-hydrogen) atoms. The molecule has 0 radical (unpaired) electrons. The summed E-state index contributed by atoms with van der Waals surface area (Å²) in [7, 11) is 0. The molecule has 0 N–H and O–H groups in total. The molecule has 68 valence electrons. The van der Waals surface area contributed by atoms with Crippen molar-refractivity contribution in [3.63, 3.8) is 0 Å². The highest BCUT2D eigenvalue weighted by molar-refractivity contribution is 6.07. The highest BCUT2D eigenvalue weighted by Crippen LogP contribution is 2.04. The SMILES string of the molecule is O=C(c1cccnc1)c1ccccn1. The summed E-state index contributed by atoms with van der Waals surface area (Å²) in [5.74, 6) is -0.0984. The van der Waals surface area contributed by atoms with Crippen molar-refractivity contribution in [1.82, 2.24) is 9.97 Å². The van der Waals surface area contributed by atoms with Crippen LogP contribution in [0, 0.1) is 0 Å². The molecule has 2 heterocycles. The lowest BCUT2D eigenvalue weighted by Crippen LogP contribution is -2.03. The number of nitrogens with zero attached hydrogens (tertiary/aromatic N) is 2. The Morgan fingerprint density at radius 2 is 2.00 bits per heavy atom. The molecule has 2 aromatic rings. The van der Waals surface area contributed by atoms with Crippen LogP contribution in [0.25, 0.3) is 0 Å². The average Bonchev–Trinajstić information content (AvgIpc) is 2.30. The summed E-state index contributed by atoms with van der Waals surface area (Å²) >= 11 is 0. The van der Waals surface area contributed by atoms with E-state index in [0.717, 1.165) is 0 Å². The zero-order valence-corrected chi connectivity index (χ0v) is 7.42. The number of hydrogen-bond donors (Lipinski definition) is 0. The van der Waals surface area contributed by atoms with Crippen molar-refractivity contribution < 1.29 is 4.79 Å². The molecule has 0 aliphatic rings. The fourth-order valence-electron chi connectivity index (χ4n) is 1.14. The monoisotopic (exact) mass is 184 g/mol. The molecule has 0 unspecified atom stereocenters. The Morgan fingerprint density at radius 3 is 2.64 bits per heavy atom. The molecule has 0 aliphatic carbocycles. The fourth-order valence-corrected chi connectivity index (χ4v) is 1.14. The van der Waals surface area contributed by atoms with E-state index in [2.05, 4.69) is 9.97 Å². The highest BCUT2D eigenvalue weighted by atomic mass is 16.1. The molecule has 0 saturated carbocycles. The van der Waals surface area contributed by atoms with Crippen LogP contribution in [-0.4, -0.2) is 15.8 Å². The van der Waals surface area contributed by atoms with Crippen molar-refractivity contribution in [2.24, 2.45) is 0 Å². The third-order valence-electron chi connectivity index (χ3n) is 1.82. The lowest BCUT2D eigenvalue weighted by molar-refractivity contribution is 0.103. The second-order valence-corrected chi connectivity index (χ2v) is 2.79. The minimum Gasteiger partial charge on any atom is -0.287 e. The van der Waals surface area contributed by atoms with Gasteiger partial charge in [-0.25, -0.2) is 0 Å². The Hall–Kier alpha value is -2.03. The zero-order valence-electron chi connectivity index (χ0n) is 7.42. The molecule has 0 bridgehead atoms. The summed E-state index contributed by atoms with van der Waals surface area (Å²) in [5, 5.41) is 0. The van der Waals surface area contributed by atoms with Crippen LogP contribution in [0.4, 0.5) is 0 Å². The topological polar surface area (TPSA) is 42.9 Å². The van der Waals surface area contributed by atoms with Crippen molar-refractivity contribution in [3.8, 4) is 0 Å². The molecule has 2 rings (SSSR count). The molecule has 0 aliphatic heterocycles. The van der Waals surface area contributed by atoms with E-state index < -0.39 is 0 Å². The Balaban J connectivity index is 2.35. The maximum atomic E-state index is 11.7. The van der Waals surface area contributed by atoms with Gasteiger partial charge in [0.25, 0.3) is 0 Å². The largest absolute Gasteiger partial charge is 0.287 e. The van der Waals surface area contributed by atoms with Crippen molar-refractivity contribution in [1.29, 1.82) is 0 Å². The average molecular weight is 184 g/mol. The maximum Gasteiger partial charge on any atom is 0.212 e. The fraction of sp³-hybridized carbons (Fsp3) is 0. The number of pyridine rings is 2. The second-order valence-electron chi connectivity index (χ2n) is 2.79. The highest BCUT2D eigenvalue weighted by Gasteiger charge is 2.08. The molecule has 3 heteroatoms. The molecular weight excluding hydrogens is 176 g/mol. The van der Waals surface area contributed by atoms with Crippen molar-refractivity contribution in [2.75, 3.05) is 0 Å². The summed E-state index contributed by atoms with van der Waals surface area (Å²) in [6.45, 7) is 0. The Labute approximate surface area is 81.5 Å². The van der Waals surface area contributed by atoms with E-state index in [1.54, 1.807) is 42.7 Å². The van der Waals surface area contributed by atoms with E-state index >= 15 is 0 Å². The Kier molecular flexibility index (Phi) is 2.32. The van der Waals surface area contributed by atoms with Gasteiger partial charge in [-0.05, 0) is 24.3 Å². The summed E-state index contributed by atoms with van der Waals surface area (Å²) < 4.78 is 0. The van der Waals surface area contributed by atoms with Crippen molar-refractivity contribution in [3.05, 3.63) is 60.2 Å². The first-order chi connectivity index (χ1) is 6.88. The summed E-state index contributed by atoms with van der Waals surface area (Å²) in [5.41, 5.74) is 1.01. The first-order valence-electron chi connectivity index (χ1n) is 4.24. The number of hydrogen-bond acceptors (Lipinski definition) is 3. The number of ketones is 1. The first kappa shape index (κ1) is 8.56. The van der Waals surface area contributed by atoms with Gasteiger partial charge >= 0.3 is 0 Å². The molecule has 3 nitrogen and oxygen atoms in total. The van der Waals surface area contributed by atoms with Crippen LogP contribution in [0.15, 0.2) is 48.9 Å². The number of carbonyl (C=O) groups is 1. The van der Waals surface area contributed by atoms with Crippen molar-refractivity contribution >= 4 is 5.78 Å². The van der Waals surface area contributed by atoms with Gasteiger partial charge < -0.3 is 0 Å². The van der Waals surface area contributed by atoms with Crippen molar-refractivity contribution in [2.45, 2.75) is 0 Å². The summed E-state index contributed by atoms with van der Waals surface area (Å²) in [4.78, 5) is 19.6. The standard InChI is InChI=1S/C11H8N2O/c14-11(9-4-3-6-12-8-9)10-5-1-2-7-13-10/h1-8H. The van der Waals surface area contributed by atoms with Crippen LogP contribution >= 0.6 is 0 Å². The lowest BCUT2D eigenvalue weighted by Gasteiger charge is -1.97. The molecular formula is C11H8N2O. The van der Waals surface area contributed by atoms with Gasteiger partial charge in [-0.15, -0.1) is 0 Å². The lowest BCUT2D eigenvalue weighted by atomic mass is 10.1. The normalized spacial score (nSPS) is 9.71. The molecule has 2 aromatic heterocycles. The van der Waals surface area contributed by atoms with Crippen LogP contribution in [0.3, 0.4) is 0 Å². The maximum absolute atomic E-state index is 11.7. The van der Waals surface area contributed by atoms with E-state index in [1.807, 2.05) is 0 Å². The zero-order chi connectivity index (χ0) is 9.80. The van der Waals surface area contributed by atoms with E-state index in [4.69, 9.17) is 0 Å². The molecule has 0 spiro atoms. The predicted octanol–water partition coefficient (Wildman–Crippen LogP) is 1.71. The molecule has 0 amide bonds. The van der Waals surface area contributed by atoms with Crippen LogP contribution < -0.4 is 0 Å². The van der Waals surface area contributed by atoms with Crippen LogP contribution in [0.2, 0.25) is 0 Å². The minimum atomic E-state index is -0.0984. The smallest absolute Gasteiger partial charge is 0.212 e. The predicted molar refractivity (Wildman–Crippen MR) is 51.9 cm³/mol. The van der Waals surface area contributed by atoms with E-state index in [0.29, 0.717) is 11.3 Å². The van der Waals surface area contributed by atoms with Gasteiger partial charge in [-0.3, -0.25) is 14.8 Å². The van der Waals surface area contributed by atoms with E-state index in [9.17, 15) is 4.79 Å². The van der Waals surface area contributed by atoms with Gasteiger partial charge in [0, 0.05) is 24.2 Å². The number of aromatic nitrogens is 2. The van der Waals surface area contributed by atoms with Crippen LogP contribution in [-0.2, 0) is 0 Å². The Morgan fingerprint density at radius 1 is 1.07 bits per heavy atom. The molecule has 0 saturated heterocycles. The quantitative estimate of drug-likeness (QED) is 0.667. The second kappa shape index (κ2) is 3.79. The first-order valence-corrected chi connectivity index (χ1v) is 4.24. The molecule has 0 aromatic carbocycles. The van der Waals surface area contributed by atoms with Gasteiger partial charge in [0.05, 0.1) is 0 Å².